The summed E-state index contributed by atoms with van der Waals surface area (Å²) >= 11 is 0. The topological polar surface area (TPSA) is 87.7 Å². The molecule has 5 heteroatoms. The average molecular weight is 254 g/mol. The average Bonchev–Trinajstić information content (AvgIpc) is 2.44. The number of methoxy groups -OCH3 is 1. The van der Waals surface area contributed by atoms with Crippen molar-refractivity contribution in [2.75, 3.05) is 25.6 Å². The molecule has 1 rings (SSSR count). The molecule has 1 aromatic rings. The fraction of sp³-hybridized carbons (Fsp3) is 0.538. The third kappa shape index (κ3) is 3.13. The van der Waals surface area contributed by atoms with E-state index in [9.17, 15) is 10.2 Å². The number of benzene rings is 1. The minimum Gasteiger partial charge on any atom is -0.497 e. The van der Waals surface area contributed by atoms with Gasteiger partial charge in [-0.1, -0.05) is 13.0 Å². The van der Waals surface area contributed by atoms with Crippen molar-refractivity contribution in [3.05, 3.63) is 23.8 Å². The zero-order chi connectivity index (χ0) is 13.6. The highest BCUT2D eigenvalue weighted by molar-refractivity contribution is 5.56. The number of anilines is 1. The lowest BCUT2D eigenvalue weighted by Crippen LogP contribution is -2.45. The molecule has 0 atom stereocenters. The minimum atomic E-state index is -0.740. The molecule has 0 saturated heterocycles. The number of aliphatic hydroxyl groups is 2. The van der Waals surface area contributed by atoms with E-state index in [1.165, 1.54) is 0 Å². The predicted octanol–water partition coefficient (Wildman–Crippen LogP) is 0.699. The van der Waals surface area contributed by atoms with Gasteiger partial charge in [0.2, 0.25) is 0 Å². The van der Waals surface area contributed by atoms with Gasteiger partial charge in [0.05, 0.1) is 25.9 Å². The fourth-order valence-corrected chi connectivity index (χ4v) is 1.70. The first-order chi connectivity index (χ1) is 8.64. The molecule has 0 saturated carbocycles. The molecule has 0 radical (unpaired) electrons. The van der Waals surface area contributed by atoms with Gasteiger partial charge in [0, 0.05) is 18.3 Å². The van der Waals surface area contributed by atoms with Crippen LogP contribution in [-0.2, 0) is 6.54 Å². The summed E-state index contributed by atoms with van der Waals surface area (Å²) in [7, 11) is 1.59. The maximum absolute atomic E-state index is 9.44. The van der Waals surface area contributed by atoms with Crippen LogP contribution in [-0.4, -0.2) is 36.1 Å². The van der Waals surface area contributed by atoms with Crippen molar-refractivity contribution in [3.8, 4) is 5.75 Å². The lowest BCUT2D eigenvalue weighted by Gasteiger charge is -2.32. The molecule has 5 nitrogen and oxygen atoms in total. The number of aliphatic hydroxyl groups excluding tert-OH is 2. The molecule has 0 spiro atoms. The quantitative estimate of drug-likeness (QED) is 0.575. The third-order valence-electron chi connectivity index (χ3n) is 3.22. The number of hydrogen-bond donors (Lipinski definition) is 4. The highest BCUT2D eigenvalue weighted by atomic mass is 16.5. The van der Waals surface area contributed by atoms with Crippen LogP contribution in [0.5, 0.6) is 5.75 Å². The summed E-state index contributed by atoms with van der Waals surface area (Å²) in [5, 5.41) is 22.1. The first kappa shape index (κ1) is 14.8. The maximum atomic E-state index is 9.44. The van der Waals surface area contributed by atoms with Gasteiger partial charge in [-0.05, 0) is 18.1 Å². The van der Waals surface area contributed by atoms with Gasteiger partial charge >= 0.3 is 0 Å². The van der Waals surface area contributed by atoms with Crippen molar-refractivity contribution in [2.24, 2.45) is 5.73 Å². The summed E-state index contributed by atoms with van der Waals surface area (Å²) in [6.07, 6.45) is 0.598. The predicted molar refractivity (Wildman–Crippen MR) is 71.7 cm³/mol. The van der Waals surface area contributed by atoms with Gasteiger partial charge in [-0.15, -0.1) is 0 Å². The smallest absolute Gasteiger partial charge is 0.120 e. The van der Waals surface area contributed by atoms with Gasteiger partial charge in [-0.25, -0.2) is 0 Å². The van der Waals surface area contributed by atoms with Crippen molar-refractivity contribution < 1.29 is 14.9 Å². The monoisotopic (exact) mass is 254 g/mol. The Kier molecular flexibility index (Phi) is 5.40. The highest BCUT2D eigenvalue weighted by Crippen LogP contribution is 2.26. The van der Waals surface area contributed by atoms with E-state index in [-0.39, 0.29) is 13.2 Å². The van der Waals surface area contributed by atoms with Gasteiger partial charge in [-0.2, -0.15) is 0 Å². The highest BCUT2D eigenvalue weighted by Gasteiger charge is 2.27. The Labute approximate surface area is 108 Å². The molecule has 102 valence electrons. The van der Waals surface area contributed by atoms with E-state index >= 15 is 0 Å². The van der Waals surface area contributed by atoms with E-state index in [0.29, 0.717) is 18.7 Å². The second-order valence-electron chi connectivity index (χ2n) is 4.30. The summed E-state index contributed by atoms with van der Waals surface area (Å²) in [6, 6.07) is 5.52. The summed E-state index contributed by atoms with van der Waals surface area (Å²) in [4.78, 5) is 0. The molecule has 0 fully saturated rings. The number of nitrogens with two attached hydrogens (primary N) is 1. The van der Waals surface area contributed by atoms with E-state index in [1.807, 2.05) is 25.1 Å². The Morgan fingerprint density at radius 3 is 2.44 bits per heavy atom. The minimum absolute atomic E-state index is 0.152. The molecular formula is C13H22N2O3. The zero-order valence-electron chi connectivity index (χ0n) is 10.9. The fourth-order valence-electron chi connectivity index (χ4n) is 1.70. The molecule has 5 N–H and O–H groups in total. The molecule has 0 aliphatic heterocycles. The molecule has 1 aromatic carbocycles. The molecular weight excluding hydrogens is 232 g/mol. The van der Waals surface area contributed by atoms with Gasteiger partial charge in [0.15, 0.2) is 0 Å². The van der Waals surface area contributed by atoms with Crippen molar-refractivity contribution in [2.45, 2.75) is 25.4 Å². The number of rotatable bonds is 7. The molecule has 0 aliphatic rings. The Morgan fingerprint density at radius 2 is 2.00 bits per heavy atom. The van der Waals surface area contributed by atoms with E-state index in [1.54, 1.807) is 7.11 Å². The van der Waals surface area contributed by atoms with Crippen LogP contribution >= 0.6 is 0 Å². The van der Waals surface area contributed by atoms with Crippen LogP contribution in [0.4, 0.5) is 5.69 Å². The van der Waals surface area contributed by atoms with E-state index < -0.39 is 5.54 Å². The SMILES string of the molecule is CCC(CO)(CO)Nc1cc(OC)ccc1CN. The summed E-state index contributed by atoms with van der Waals surface area (Å²) in [5.41, 5.74) is 6.63. The largest absolute Gasteiger partial charge is 0.497 e. The standard InChI is InChI=1S/C13H22N2O3/c1-3-13(8-16,9-17)15-12-6-11(18-2)5-4-10(12)7-14/h4-6,15-17H,3,7-9,14H2,1-2H3. The van der Waals surface area contributed by atoms with Crippen LogP contribution in [0, 0.1) is 0 Å². The number of ether oxygens (including phenoxy) is 1. The first-order valence-electron chi connectivity index (χ1n) is 6.01. The van der Waals surface area contributed by atoms with Crippen molar-refractivity contribution >= 4 is 5.69 Å². The van der Waals surface area contributed by atoms with Crippen LogP contribution in [0.25, 0.3) is 0 Å². The normalized spacial score (nSPS) is 11.4. The lowest BCUT2D eigenvalue weighted by atomic mass is 9.97. The number of hydrogen-bond acceptors (Lipinski definition) is 5. The molecule has 0 aliphatic carbocycles. The molecule has 0 amide bonds. The molecule has 0 aromatic heterocycles. The summed E-state index contributed by atoms with van der Waals surface area (Å²) < 4.78 is 5.16. The van der Waals surface area contributed by atoms with Gasteiger partial charge in [0.25, 0.3) is 0 Å². The van der Waals surface area contributed by atoms with E-state index in [2.05, 4.69) is 5.32 Å². The van der Waals surface area contributed by atoms with Crippen LogP contribution in [0.3, 0.4) is 0 Å². The van der Waals surface area contributed by atoms with Crippen molar-refractivity contribution in [1.82, 2.24) is 0 Å². The second-order valence-corrected chi connectivity index (χ2v) is 4.30. The third-order valence-corrected chi connectivity index (χ3v) is 3.22. The Balaban J connectivity index is 3.06. The Hall–Kier alpha value is -1.30. The first-order valence-corrected chi connectivity index (χ1v) is 6.01. The van der Waals surface area contributed by atoms with Gasteiger partial charge in [-0.3, -0.25) is 0 Å². The van der Waals surface area contributed by atoms with Crippen LogP contribution in [0.1, 0.15) is 18.9 Å². The number of nitrogens with one attached hydrogen (secondary N) is 1. The van der Waals surface area contributed by atoms with Crippen molar-refractivity contribution in [1.29, 1.82) is 0 Å². The molecule has 0 heterocycles. The Morgan fingerprint density at radius 1 is 1.33 bits per heavy atom. The second kappa shape index (κ2) is 6.58. The van der Waals surface area contributed by atoms with Crippen molar-refractivity contribution in [3.63, 3.8) is 0 Å². The lowest BCUT2D eigenvalue weighted by molar-refractivity contribution is 0.132. The molecule has 0 unspecified atom stereocenters. The summed E-state index contributed by atoms with van der Waals surface area (Å²) in [5.74, 6) is 0.704. The van der Waals surface area contributed by atoms with Crippen LogP contribution < -0.4 is 15.8 Å². The van der Waals surface area contributed by atoms with E-state index in [0.717, 1.165) is 11.3 Å². The molecule has 0 bridgehead atoms. The zero-order valence-corrected chi connectivity index (χ0v) is 10.9. The summed E-state index contributed by atoms with van der Waals surface area (Å²) in [6.45, 7) is 1.98. The maximum Gasteiger partial charge on any atom is 0.120 e. The van der Waals surface area contributed by atoms with Gasteiger partial charge in [0.1, 0.15) is 5.75 Å². The van der Waals surface area contributed by atoms with Crippen LogP contribution in [0.2, 0.25) is 0 Å². The van der Waals surface area contributed by atoms with Crippen LogP contribution in [0.15, 0.2) is 18.2 Å². The molecule has 18 heavy (non-hydrogen) atoms. The van der Waals surface area contributed by atoms with Gasteiger partial charge < -0.3 is 26.0 Å². The Bertz CT molecular complexity index is 370. The van der Waals surface area contributed by atoms with E-state index in [4.69, 9.17) is 10.5 Å².